The molecule has 0 radical (unpaired) electrons. The summed E-state index contributed by atoms with van der Waals surface area (Å²) in [6.45, 7) is 2.11. The molecule has 1 aliphatic carbocycles. The van der Waals surface area contributed by atoms with Crippen LogP contribution in [0.25, 0.3) is 11.0 Å². The Labute approximate surface area is 101 Å². The van der Waals surface area contributed by atoms with Crippen LogP contribution in [0.4, 0.5) is 0 Å². The molecule has 1 aromatic carbocycles. The van der Waals surface area contributed by atoms with E-state index in [0.29, 0.717) is 0 Å². The van der Waals surface area contributed by atoms with Gasteiger partial charge in [-0.2, -0.15) is 5.26 Å². The van der Waals surface area contributed by atoms with Gasteiger partial charge in [-0.3, -0.25) is 0 Å². The number of aryl methyl sites for hydroxylation is 2. The Morgan fingerprint density at radius 3 is 2.82 bits per heavy atom. The van der Waals surface area contributed by atoms with Crippen LogP contribution in [0.1, 0.15) is 31.2 Å². The van der Waals surface area contributed by atoms with Crippen molar-refractivity contribution >= 4 is 11.0 Å². The third kappa shape index (κ3) is 1.37. The third-order valence-electron chi connectivity index (χ3n) is 3.81. The lowest BCUT2D eigenvalue weighted by Gasteiger charge is -2.05. The number of rotatable bonds is 2. The van der Waals surface area contributed by atoms with E-state index >= 15 is 0 Å². The smallest absolute Gasteiger partial charge is 0.109 e. The van der Waals surface area contributed by atoms with Gasteiger partial charge in [-0.15, -0.1) is 0 Å². The zero-order valence-electron chi connectivity index (χ0n) is 10.2. The molecule has 0 unspecified atom stereocenters. The zero-order chi connectivity index (χ0) is 12.0. The summed E-state index contributed by atoms with van der Waals surface area (Å²) in [7, 11) is 2.05. The number of imidazole rings is 1. The van der Waals surface area contributed by atoms with Gasteiger partial charge in [0.25, 0.3) is 0 Å². The van der Waals surface area contributed by atoms with Crippen molar-refractivity contribution < 1.29 is 0 Å². The maximum Gasteiger partial charge on any atom is 0.109 e. The van der Waals surface area contributed by atoms with E-state index in [1.54, 1.807) is 0 Å². The molecule has 0 N–H and O–H groups in total. The molecule has 0 aliphatic heterocycles. The molecular weight excluding hydrogens is 210 g/mol. The van der Waals surface area contributed by atoms with E-state index in [-0.39, 0.29) is 5.41 Å². The maximum absolute atomic E-state index is 9.21. The molecule has 17 heavy (non-hydrogen) atoms. The lowest BCUT2D eigenvalue weighted by molar-refractivity contribution is 0.829. The first-order valence-corrected chi connectivity index (χ1v) is 6.07. The normalized spacial score (nSPS) is 17.0. The third-order valence-corrected chi connectivity index (χ3v) is 3.81. The Balaban J connectivity index is 2.18. The summed E-state index contributed by atoms with van der Waals surface area (Å²) in [5, 5.41) is 9.21. The number of hydrogen-bond donors (Lipinski definition) is 0. The molecule has 86 valence electrons. The van der Waals surface area contributed by atoms with Crippen molar-refractivity contribution in [2.45, 2.75) is 31.6 Å². The fraction of sp³-hybridized carbons (Fsp3) is 0.429. The fourth-order valence-electron chi connectivity index (χ4n) is 2.45. The average molecular weight is 225 g/mol. The van der Waals surface area contributed by atoms with Crippen molar-refractivity contribution in [1.82, 2.24) is 9.55 Å². The molecule has 0 saturated heterocycles. The van der Waals surface area contributed by atoms with Crippen molar-refractivity contribution in [3.05, 3.63) is 29.6 Å². The molecular formula is C14H15N3. The number of nitrogens with zero attached hydrogens (tertiary/aromatic N) is 3. The predicted molar refractivity (Wildman–Crippen MR) is 66.6 cm³/mol. The summed E-state index contributed by atoms with van der Waals surface area (Å²) >= 11 is 0. The quantitative estimate of drug-likeness (QED) is 0.788. The summed E-state index contributed by atoms with van der Waals surface area (Å²) in [4.78, 5) is 4.62. The fourth-order valence-corrected chi connectivity index (χ4v) is 2.45. The topological polar surface area (TPSA) is 41.6 Å². The first kappa shape index (κ1) is 10.3. The summed E-state index contributed by atoms with van der Waals surface area (Å²) in [5.74, 6) is 1.10. The molecule has 0 spiro atoms. The van der Waals surface area contributed by atoms with E-state index in [4.69, 9.17) is 0 Å². The molecule has 1 fully saturated rings. The minimum absolute atomic E-state index is 0.210. The van der Waals surface area contributed by atoms with Gasteiger partial charge in [-0.1, -0.05) is 13.0 Å². The van der Waals surface area contributed by atoms with Crippen LogP contribution in [0, 0.1) is 11.3 Å². The predicted octanol–water partition coefficient (Wildman–Crippen LogP) is 2.69. The number of nitriles is 1. The summed E-state index contributed by atoms with van der Waals surface area (Å²) in [6.07, 6.45) is 2.91. The standard InChI is InChI=1S/C14H15N3/c1-3-13-16-11-8-10(14(9-15)6-7-14)4-5-12(11)17(13)2/h4-5,8H,3,6-7H2,1-2H3. The van der Waals surface area contributed by atoms with Crippen LogP contribution in [0.2, 0.25) is 0 Å². The molecule has 1 aliphatic rings. The van der Waals surface area contributed by atoms with E-state index in [0.717, 1.165) is 41.7 Å². The van der Waals surface area contributed by atoms with Crippen molar-refractivity contribution in [3.63, 3.8) is 0 Å². The zero-order valence-corrected chi connectivity index (χ0v) is 10.2. The van der Waals surface area contributed by atoms with Crippen LogP contribution in [0.5, 0.6) is 0 Å². The SMILES string of the molecule is CCc1nc2cc(C3(C#N)CC3)ccc2n1C. The van der Waals surface area contributed by atoms with E-state index in [1.165, 1.54) is 0 Å². The molecule has 0 atom stereocenters. The van der Waals surface area contributed by atoms with Crippen LogP contribution in [0.15, 0.2) is 18.2 Å². The highest BCUT2D eigenvalue weighted by Crippen LogP contribution is 2.47. The van der Waals surface area contributed by atoms with Gasteiger partial charge in [0.05, 0.1) is 22.5 Å². The van der Waals surface area contributed by atoms with Crippen LogP contribution in [-0.2, 0) is 18.9 Å². The van der Waals surface area contributed by atoms with Gasteiger partial charge < -0.3 is 4.57 Å². The average Bonchev–Trinajstić information content (AvgIpc) is 3.10. The van der Waals surface area contributed by atoms with Gasteiger partial charge >= 0.3 is 0 Å². The molecule has 0 bridgehead atoms. The van der Waals surface area contributed by atoms with Gasteiger partial charge in [0.1, 0.15) is 5.82 Å². The van der Waals surface area contributed by atoms with E-state index < -0.39 is 0 Å². The highest BCUT2D eigenvalue weighted by molar-refractivity contribution is 5.77. The van der Waals surface area contributed by atoms with Crippen LogP contribution in [-0.4, -0.2) is 9.55 Å². The van der Waals surface area contributed by atoms with Crippen molar-refractivity contribution in [1.29, 1.82) is 5.26 Å². The largest absolute Gasteiger partial charge is 0.331 e. The van der Waals surface area contributed by atoms with Gasteiger partial charge in [0, 0.05) is 13.5 Å². The molecule has 0 amide bonds. The summed E-state index contributed by atoms with van der Waals surface area (Å²) in [6, 6.07) is 8.70. The number of hydrogen-bond acceptors (Lipinski definition) is 2. The van der Waals surface area contributed by atoms with Crippen LogP contribution < -0.4 is 0 Å². The molecule has 1 heterocycles. The van der Waals surface area contributed by atoms with Crippen molar-refractivity contribution in [3.8, 4) is 6.07 Å². The van der Waals surface area contributed by atoms with E-state index in [9.17, 15) is 5.26 Å². The van der Waals surface area contributed by atoms with E-state index in [2.05, 4.69) is 40.7 Å². The Bertz CT molecular complexity index is 627. The number of aromatic nitrogens is 2. The second-order valence-electron chi connectivity index (χ2n) is 4.84. The van der Waals surface area contributed by atoms with Gasteiger partial charge in [-0.25, -0.2) is 4.98 Å². The monoisotopic (exact) mass is 225 g/mol. The molecule has 3 heteroatoms. The summed E-state index contributed by atoms with van der Waals surface area (Å²) in [5.41, 5.74) is 3.09. The first-order valence-electron chi connectivity index (χ1n) is 6.07. The number of fused-ring (bicyclic) bond motifs is 1. The molecule has 1 saturated carbocycles. The number of benzene rings is 1. The lowest BCUT2D eigenvalue weighted by Crippen LogP contribution is -2.01. The highest BCUT2D eigenvalue weighted by Gasteiger charge is 2.45. The van der Waals surface area contributed by atoms with Gasteiger partial charge in [0.2, 0.25) is 0 Å². The molecule has 3 rings (SSSR count). The second kappa shape index (κ2) is 3.33. The van der Waals surface area contributed by atoms with Crippen LogP contribution >= 0.6 is 0 Å². The van der Waals surface area contributed by atoms with E-state index in [1.807, 2.05) is 7.05 Å². The Morgan fingerprint density at radius 1 is 1.47 bits per heavy atom. The summed E-state index contributed by atoms with van der Waals surface area (Å²) < 4.78 is 2.13. The van der Waals surface area contributed by atoms with Gasteiger partial charge in [-0.05, 0) is 30.5 Å². The van der Waals surface area contributed by atoms with Crippen molar-refractivity contribution in [2.75, 3.05) is 0 Å². The molecule has 1 aromatic heterocycles. The minimum Gasteiger partial charge on any atom is -0.331 e. The highest BCUT2D eigenvalue weighted by atomic mass is 15.1. The Kier molecular flexibility index (Phi) is 2.03. The van der Waals surface area contributed by atoms with Gasteiger partial charge in [0.15, 0.2) is 0 Å². The molecule has 3 nitrogen and oxygen atoms in total. The second-order valence-corrected chi connectivity index (χ2v) is 4.84. The Hall–Kier alpha value is -1.82. The minimum atomic E-state index is -0.210. The first-order chi connectivity index (χ1) is 8.20. The maximum atomic E-state index is 9.21. The van der Waals surface area contributed by atoms with Crippen LogP contribution in [0.3, 0.4) is 0 Å². The van der Waals surface area contributed by atoms with Crippen molar-refractivity contribution in [2.24, 2.45) is 7.05 Å². The Morgan fingerprint density at radius 2 is 2.24 bits per heavy atom. The molecule has 2 aromatic rings. The lowest BCUT2D eigenvalue weighted by atomic mass is 9.97.